The summed E-state index contributed by atoms with van der Waals surface area (Å²) in [4.78, 5) is 65.3. The van der Waals surface area contributed by atoms with E-state index < -0.39 is 47.2 Å². The van der Waals surface area contributed by atoms with Gasteiger partial charge in [0.2, 0.25) is 0 Å². The summed E-state index contributed by atoms with van der Waals surface area (Å²) in [5.74, 6) is -0.0792. The number of aromatic amines is 2. The minimum Gasteiger partial charge on any atom is -0.491 e. The maximum absolute atomic E-state index is 13.5. The average Bonchev–Trinajstić information content (AvgIpc) is 1.65. The predicted molar refractivity (Wildman–Crippen MR) is 334 cm³/mol. The molecule has 8 aromatic rings. The normalized spacial score (nSPS) is 11.4. The molecule has 2 aromatic heterocycles. The van der Waals surface area contributed by atoms with Crippen LogP contribution in [0.1, 0.15) is 23.2 Å². The minimum absolute atomic E-state index is 0.000936. The quantitative estimate of drug-likeness (QED) is 0.00425. The van der Waals surface area contributed by atoms with Gasteiger partial charge >= 0.3 is 5.97 Å². The number of nitro benzene ring substituents is 2. The first-order valence-electron chi connectivity index (χ1n) is 27.8. The van der Waals surface area contributed by atoms with E-state index in [0.717, 1.165) is 28.9 Å². The molecule has 2 heterocycles. The molecule has 0 saturated heterocycles. The molecule has 6 aromatic carbocycles. The Labute approximate surface area is 531 Å². The van der Waals surface area contributed by atoms with Crippen molar-refractivity contribution in [3.63, 3.8) is 0 Å². The summed E-state index contributed by atoms with van der Waals surface area (Å²) in [7, 11) is -8.82. The van der Waals surface area contributed by atoms with E-state index in [1.165, 1.54) is 102 Å². The summed E-state index contributed by atoms with van der Waals surface area (Å²) < 4.78 is 98.5. The summed E-state index contributed by atoms with van der Waals surface area (Å²) in [6.07, 6.45) is 1.24. The van der Waals surface area contributed by atoms with Crippen LogP contribution in [0.5, 0.6) is 5.75 Å². The number of non-ortho nitro benzene ring substituents is 2. The number of hydrogen-bond donors (Lipinski definition) is 4. The van der Waals surface area contributed by atoms with Crippen LogP contribution in [0.2, 0.25) is 0 Å². The summed E-state index contributed by atoms with van der Waals surface area (Å²) in [6.45, 7) is 3.81. The first-order valence-corrected chi connectivity index (χ1v) is 30.7. The van der Waals surface area contributed by atoms with E-state index in [4.69, 9.17) is 39.5 Å². The predicted octanol–water partition coefficient (Wildman–Crippen LogP) is 10.8. The second-order valence-electron chi connectivity index (χ2n) is 19.0. The summed E-state index contributed by atoms with van der Waals surface area (Å²) >= 11 is 0. The van der Waals surface area contributed by atoms with Gasteiger partial charge in [-0.2, -0.15) is 27.1 Å². The van der Waals surface area contributed by atoms with Gasteiger partial charge in [0.05, 0.1) is 99.0 Å². The lowest BCUT2D eigenvalue weighted by molar-refractivity contribution is -0.385. The van der Waals surface area contributed by atoms with Crippen molar-refractivity contribution in [1.82, 2.24) is 19.6 Å². The zero-order chi connectivity index (χ0) is 67.5. The van der Waals surface area contributed by atoms with Crippen LogP contribution in [0, 0.1) is 20.2 Å². The van der Waals surface area contributed by atoms with Gasteiger partial charge in [-0.3, -0.25) is 49.1 Å². The molecule has 94 heavy (non-hydrogen) atoms. The maximum atomic E-state index is 13.5. The molecule has 0 amide bonds. The Bertz CT molecular complexity index is 4400. The van der Waals surface area contributed by atoms with Crippen LogP contribution in [0.25, 0.3) is 54.8 Å². The molecule has 35 nitrogen and oxygen atoms in total. The smallest absolute Gasteiger partial charge is 0.338 e. The number of nitrogens with one attached hydrogen (secondary N) is 2. The fourth-order valence-corrected chi connectivity index (χ4v) is 8.99. The lowest BCUT2D eigenvalue weighted by Gasteiger charge is -2.08. The van der Waals surface area contributed by atoms with E-state index in [0.29, 0.717) is 100 Å². The number of rotatable bonds is 34. The fourth-order valence-electron chi connectivity index (χ4n) is 8.03. The van der Waals surface area contributed by atoms with Crippen molar-refractivity contribution in [2.24, 2.45) is 30.7 Å². The van der Waals surface area contributed by atoms with E-state index in [1.54, 1.807) is 24.3 Å². The van der Waals surface area contributed by atoms with Crippen LogP contribution in [0.15, 0.2) is 196 Å². The Morgan fingerprint density at radius 1 is 0.500 bits per heavy atom. The summed E-state index contributed by atoms with van der Waals surface area (Å²) in [6, 6.07) is 33.1. The first-order chi connectivity index (χ1) is 45.2. The molecule has 0 spiro atoms. The Balaban J connectivity index is 0.000000266. The lowest BCUT2D eigenvalue weighted by atomic mass is 10.1. The van der Waals surface area contributed by atoms with Gasteiger partial charge in [-0.25, -0.2) is 14.2 Å². The number of azide groups is 2. The molecule has 0 unspecified atom stereocenters. The molecule has 8 rings (SSSR count). The number of hydrogen-bond acceptors (Lipinski definition) is 23. The fraction of sp³-hybridized carbons (Fsp3) is 0.246. The van der Waals surface area contributed by atoms with E-state index in [1.807, 2.05) is 0 Å². The van der Waals surface area contributed by atoms with Crippen molar-refractivity contribution in [2.45, 2.75) is 22.6 Å². The maximum Gasteiger partial charge on any atom is 0.338 e. The molecule has 37 heteroatoms. The lowest BCUT2D eigenvalue weighted by Crippen LogP contribution is -2.15. The van der Waals surface area contributed by atoms with Crippen LogP contribution in [-0.4, -0.2) is 140 Å². The number of esters is 1. The van der Waals surface area contributed by atoms with Gasteiger partial charge in [0.1, 0.15) is 19.0 Å². The molecule has 0 fully saturated rings. The molecule has 0 radical (unpaired) electrons. The third-order valence-corrected chi connectivity index (χ3v) is 14.4. The molecular formula is C57H56N16O19S2. The Morgan fingerprint density at radius 3 is 1.26 bits per heavy atom. The van der Waals surface area contributed by atoms with Gasteiger partial charge in [-0.05, 0) is 145 Å². The standard InChI is InChI=1S/C29H28N8O10S.C28H28N8O9S/c30-35-31-14-1-15-45-16-17-46-18-19-47-29(39)21-4-8-23(9-5-21)36-28(38)27(26(34-36)20-2-10-24(11-3-20)37(40)41)33-32-22-6-12-25(13-7-22)48(42,43)44;29-34-30-14-1-15-43-16-17-44-18-19-45-24-10-8-22(9-11-24)35-28(37)27(26(33-35)20-2-6-23(7-3-20)36(38)39)32-31-21-4-12-25(13-5-21)46(40,41)42/h2-13,34H,1,14-19H2,(H,42,43,44);2-13,33H,1,14-19H2,(H,40,41,42). The van der Waals surface area contributed by atoms with Crippen LogP contribution < -0.4 is 15.9 Å². The highest BCUT2D eigenvalue weighted by Gasteiger charge is 2.21. The number of ether oxygens (including phenoxy) is 6. The van der Waals surface area contributed by atoms with E-state index in [9.17, 15) is 60.6 Å². The number of azo groups is 2. The zero-order valence-electron chi connectivity index (χ0n) is 49.2. The number of aromatic nitrogens is 4. The summed E-state index contributed by atoms with van der Waals surface area (Å²) in [5, 5.41) is 51.3. The van der Waals surface area contributed by atoms with Crippen molar-refractivity contribution in [3.8, 4) is 39.6 Å². The topological polar surface area (TPSA) is 490 Å². The van der Waals surface area contributed by atoms with Crippen molar-refractivity contribution in [2.75, 3.05) is 79.2 Å². The number of nitrogens with zero attached hydrogens (tertiary/aromatic N) is 14. The van der Waals surface area contributed by atoms with Gasteiger partial charge in [0.25, 0.3) is 42.7 Å². The van der Waals surface area contributed by atoms with Crippen LogP contribution in [0.4, 0.5) is 34.1 Å². The summed E-state index contributed by atoms with van der Waals surface area (Å²) in [5.41, 5.74) is 17.2. The third kappa shape index (κ3) is 21.0. The number of benzene rings is 6. The highest BCUT2D eigenvalue weighted by atomic mass is 32.2. The molecular weight excluding hydrogens is 1280 g/mol. The number of carbonyl (C=O) groups is 1. The second-order valence-corrected chi connectivity index (χ2v) is 21.8. The van der Waals surface area contributed by atoms with Crippen molar-refractivity contribution in [3.05, 3.63) is 213 Å². The molecule has 490 valence electrons. The van der Waals surface area contributed by atoms with Gasteiger partial charge in [-0.1, -0.05) is 10.2 Å². The Hall–Kier alpha value is -11.1. The van der Waals surface area contributed by atoms with Crippen molar-refractivity contribution in [1.29, 1.82) is 0 Å². The van der Waals surface area contributed by atoms with Crippen molar-refractivity contribution >= 4 is 60.3 Å². The van der Waals surface area contributed by atoms with E-state index in [-0.39, 0.29) is 80.7 Å². The van der Waals surface area contributed by atoms with E-state index in [2.05, 4.69) is 50.7 Å². The van der Waals surface area contributed by atoms with Gasteiger partial charge in [-0.15, -0.1) is 10.2 Å². The van der Waals surface area contributed by atoms with Gasteiger partial charge in [0, 0.05) is 71.5 Å². The van der Waals surface area contributed by atoms with Crippen molar-refractivity contribution < 1.29 is 69.0 Å². The van der Waals surface area contributed by atoms with Crippen LogP contribution >= 0.6 is 0 Å². The van der Waals surface area contributed by atoms with Crippen LogP contribution in [0.3, 0.4) is 0 Å². The van der Waals surface area contributed by atoms with Gasteiger partial charge < -0.3 is 28.4 Å². The Morgan fingerprint density at radius 2 is 0.872 bits per heavy atom. The highest BCUT2D eigenvalue weighted by molar-refractivity contribution is 7.86. The zero-order valence-corrected chi connectivity index (χ0v) is 50.8. The Kier molecular flexibility index (Phi) is 26.1. The number of carbonyl (C=O) groups excluding carboxylic acids is 1. The second kappa shape index (κ2) is 34.9. The highest BCUT2D eigenvalue weighted by Crippen LogP contribution is 2.32. The molecule has 0 aliphatic rings. The first kappa shape index (κ1) is 70.3. The SMILES string of the molecule is [N-]=[N+]=NCCCOCCOCCOC(=O)c1ccc(-n2[nH]c(-c3ccc([N+](=O)[O-])cc3)c(N=Nc3ccc(S(=O)(=O)O)cc3)c2=O)cc1.[N-]=[N+]=NCCCOCCOCCOc1ccc(-n2[nH]c(-c3ccc([N+](=O)[O-])cc3)c(N=Nc3ccc(S(=O)(=O)O)cc3)c2=O)cc1. The third-order valence-electron chi connectivity index (χ3n) is 12.6. The number of H-pyrrole nitrogens is 2. The van der Waals surface area contributed by atoms with Gasteiger partial charge in [0.15, 0.2) is 11.4 Å². The van der Waals surface area contributed by atoms with E-state index >= 15 is 0 Å². The molecule has 0 saturated carbocycles. The largest absolute Gasteiger partial charge is 0.491 e. The molecule has 0 atom stereocenters. The monoisotopic (exact) mass is 1330 g/mol. The molecule has 0 aliphatic heterocycles. The average molecular weight is 1330 g/mol. The van der Waals surface area contributed by atoms with Crippen LogP contribution in [-0.2, 0) is 43.9 Å². The number of nitro groups is 2. The molecule has 0 aliphatic carbocycles. The molecule has 4 N–H and O–H groups in total. The molecule has 0 bridgehead atoms. The minimum atomic E-state index is -4.42.